The van der Waals surface area contributed by atoms with E-state index in [9.17, 15) is 9.59 Å². The van der Waals surface area contributed by atoms with Crippen LogP contribution in [0.5, 0.6) is 11.5 Å². The van der Waals surface area contributed by atoms with Gasteiger partial charge in [-0.25, -0.2) is 5.43 Å². The number of nitrogens with one attached hydrogen (secondary N) is 2. The Kier molecular flexibility index (Phi) is 10.3. The summed E-state index contributed by atoms with van der Waals surface area (Å²) >= 11 is 6.96. The first-order valence-electron chi connectivity index (χ1n) is 10.9. The van der Waals surface area contributed by atoms with E-state index in [0.717, 1.165) is 10.0 Å². The highest BCUT2D eigenvalue weighted by atomic mass is 79.9. The molecule has 7 nitrogen and oxygen atoms in total. The van der Waals surface area contributed by atoms with Gasteiger partial charge in [-0.2, -0.15) is 5.10 Å². The van der Waals surface area contributed by atoms with Gasteiger partial charge in [-0.1, -0.05) is 46.3 Å². The fraction of sp³-hybridized carbons (Fsp3) is 0.192. The van der Waals surface area contributed by atoms with E-state index in [-0.39, 0.29) is 24.7 Å². The lowest BCUT2D eigenvalue weighted by Crippen LogP contribution is -2.20. The van der Waals surface area contributed by atoms with E-state index in [1.165, 1.54) is 6.21 Å². The molecule has 0 unspecified atom stereocenters. The van der Waals surface area contributed by atoms with E-state index in [1.807, 2.05) is 55.5 Å². The molecule has 3 aromatic carbocycles. The Hall–Kier alpha value is -3.17. The number of ether oxygens (including phenoxy) is 2. The van der Waals surface area contributed by atoms with Crippen LogP contribution < -0.4 is 20.2 Å². The number of benzene rings is 3. The minimum Gasteiger partial charge on any atom is -0.490 e. The summed E-state index contributed by atoms with van der Waals surface area (Å²) in [5.74, 6) is 0.548. The average Bonchev–Trinajstić information content (AvgIpc) is 2.84. The van der Waals surface area contributed by atoms with Crippen LogP contribution in [0.15, 0.2) is 80.8 Å². The smallest absolute Gasteiger partial charge is 0.240 e. The molecular formula is C26H25Br2N3O4. The highest BCUT2D eigenvalue weighted by Crippen LogP contribution is 2.37. The molecule has 0 radical (unpaired) electrons. The zero-order valence-corrected chi connectivity index (χ0v) is 22.3. The molecule has 0 saturated carbocycles. The Morgan fingerprint density at radius 1 is 0.943 bits per heavy atom. The molecule has 0 fully saturated rings. The minimum atomic E-state index is -0.358. The van der Waals surface area contributed by atoms with Crippen molar-refractivity contribution in [3.05, 3.63) is 86.8 Å². The highest BCUT2D eigenvalue weighted by Gasteiger charge is 2.13. The maximum absolute atomic E-state index is 12.1. The lowest BCUT2D eigenvalue weighted by Gasteiger charge is -2.14. The monoisotopic (exact) mass is 601 g/mol. The number of hydrogen-bond acceptors (Lipinski definition) is 5. The topological polar surface area (TPSA) is 89.0 Å². The second-order valence-corrected chi connectivity index (χ2v) is 9.16. The molecule has 0 aliphatic rings. The Morgan fingerprint density at radius 2 is 1.66 bits per heavy atom. The van der Waals surface area contributed by atoms with Gasteiger partial charge in [-0.05, 0) is 70.4 Å². The van der Waals surface area contributed by atoms with Crippen LogP contribution in [0.3, 0.4) is 0 Å². The van der Waals surface area contributed by atoms with Crippen molar-refractivity contribution in [2.45, 2.75) is 26.4 Å². The van der Waals surface area contributed by atoms with E-state index in [0.29, 0.717) is 40.4 Å². The van der Waals surface area contributed by atoms with Gasteiger partial charge in [0, 0.05) is 23.0 Å². The molecule has 0 aliphatic heterocycles. The van der Waals surface area contributed by atoms with Crippen LogP contribution in [-0.4, -0.2) is 24.6 Å². The van der Waals surface area contributed by atoms with Gasteiger partial charge >= 0.3 is 0 Å². The van der Waals surface area contributed by atoms with Gasteiger partial charge in [0.15, 0.2) is 11.5 Å². The van der Waals surface area contributed by atoms with Crippen LogP contribution in [0.25, 0.3) is 0 Å². The van der Waals surface area contributed by atoms with Gasteiger partial charge in [0.1, 0.15) is 6.61 Å². The molecule has 182 valence electrons. The Morgan fingerprint density at radius 3 is 2.37 bits per heavy atom. The predicted molar refractivity (Wildman–Crippen MR) is 144 cm³/mol. The number of hydrazone groups is 1. The lowest BCUT2D eigenvalue weighted by atomic mass is 10.2. The van der Waals surface area contributed by atoms with Crippen molar-refractivity contribution in [3.63, 3.8) is 0 Å². The molecule has 3 aromatic rings. The van der Waals surface area contributed by atoms with Gasteiger partial charge in [0.05, 0.1) is 17.3 Å². The number of halogens is 2. The standard InChI is InChI=1S/C26H25Br2N3O4/c1-2-34-23-15-19(14-22(28)26(23)35-17-18-8-10-20(27)11-9-18)16-29-31-25(33)13-12-24(32)30-21-6-4-3-5-7-21/h3-11,14-16H,2,12-13,17H2,1H3,(H,30,32)(H,31,33). The van der Waals surface area contributed by atoms with Crippen LogP contribution in [0.1, 0.15) is 30.9 Å². The molecule has 0 saturated heterocycles. The summed E-state index contributed by atoms with van der Waals surface area (Å²) in [6.45, 7) is 2.73. The van der Waals surface area contributed by atoms with Crippen molar-refractivity contribution >= 4 is 55.6 Å². The van der Waals surface area contributed by atoms with Crippen molar-refractivity contribution in [3.8, 4) is 11.5 Å². The molecule has 2 amide bonds. The Balaban J connectivity index is 1.54. The first-order valence-corrected chi connectivity index (χ1v) is 12.5. The van der Waals surface area contributed by atoms with Crippen LogP contribution in [0.4, 0.5) is 5.69 Å². The fourth-order valence-electron chi connectivity index (χ4n) is 3.01. The number of nitrogens with zero attached hydrogens (tertiary/aromatic N) is 1. The SMILES string of the molecule is CCOc1cc(C=NNC(=O)CCC(=O)Nc2ccccc2)cc(Br)c1OCc1ccc(Br)cc1. The summed E-state index contributed by atoms with van der Waals surface area (Å²) in [7, 11) is 0. The number of hydrogen-bond donors (Lipinski definition) is 2. The van der Waals surface area contributed by atoms with Gasteiger partial charge in [-0.3, -0.25) is 9.59 Å². The normalized spacial score (nSPS) is 10.7. The van der Waals surface area contributed by atoms with E-state index in [2.05, 4.69) is 47.7 Å². The Labute approximate surface area is 221 Å². The summed E-state index contributed by atoms with van der Waals surface area (Å²) in [5.41, 5.74) is 4.87. The molecule has 0 heterocycles. The number of anilines is 1. The van der Waals surface area contributed by atoms with Crippen molar-refractivity contribution in [1.29, 1.82) is 0 Å². The predicted octanol–water partition coefficient (Wildman–Crippen LogP) is 6.06. The number of carbonyl (C=O) groups excluding carboxylic acids is 2. The first kappa shape index (κ1) is 26.4. The number of rotatable bonds is 11. The van der Waals surface area contributed by atoms with Gasteiger partial charge in [-0.15, -0.1) is 0 Å². The quantitative estimate of drug-likeness (QED) is 0.206. The highest BCUT2D eigenvalue weighted by molar-refractivity contribution is 9.10. The van der Waals surface area contributed by atoms with Crippen molar-refractivity contribution in [2.24, 2.45) is 5.10 Å². The minimum absolute atomic E-state index is 0.0206. The molecule has 35 heavy (non-hydrogen) atoms. The molecule has 9 heteroatoms. The summed E-state index contributed by atoms with van der Waals surface area (Å²) in [5, 5.41) is 6.74. The van der Waals surface area contributed by atoms with E-state index in [1.54, 1.807) is 18.2 Å². The van der Waals surface area contributed by atoms with Crippen LogP contribution >= 0.6 is 31.9 Å². The summed E-state index contributed by atoms with van der Waals surface area (Å²) in [6.07, 6.45) is 1.58. The number of para-hydroxylation sites is 1. The zero-order valence-electron chi connectivity index (χ0n) is 19.1. The third-order valence-corrected chi connectivity index (χ3v) is 5.79. The molecular weight excluding hydrogens is 578 g/mol. The molecule has 0 atom stereocenters. The largest absolute Gasteiger partial charge is 0.490 e. The third kappa shape index (κ3) is 8.84. The maximum Gasteiger partial charge on any atom is 0.240 e. The van der Waals surface area contributed by atoms with Crippen LogP contribution in [0.2, 0.25) is 0 Å². The van der Waals surface area contributed by atoms with Crippen LogP contribution in [-0.2, 0) is 16.2 Å². The van der Waals surface area contributed by atoms with Gasteiger partial charge in [0.2, 0.25) is 11.8 Å². The molecule has 2 N–H and O–H groups in total. The van der Waals surface area contributed by atoms with Crippen LogP contribution in [0, 0.1) is 0 Å². The zero-order chi connectivity index (χ0) is 25.0. The van der Waals surface area contributed by atoms with E-state index >= 15 is 0 Å². The molecule has 0 aromatic heterocycles. The summed E-state index contributed by atoms with van der Waals surface area (Å²) < 4.78 is 13.5. The maximum atomic E-state index is 12.1. The summed E-state index contributed by atoms with van der Waals surface area (Å²) in [6, 6.07) is 20.6. The third-order valence-electron chi connectivity index (χ3n) is 4.67. The second-order valence-electron chi connectivity index (χ2n) is 7.39. The van der Waals surface area contributed by atoms with Crippen molar-refractivity contribution in [1.82, 2.24) is 5.43 Å². The molecule has 0 bridgehead atoms. The summed E-state index contributed by atoms with van der Waals surface area (Å²) in [4.78, 5) is 24.0. The van der Waals surface area contributed by atoms with Crippen molar-refractivity contribution < 1.29 is 19.1 Å². The lowest BCUT2D eigenvalue weighted by molar-refractivity contribution is -0.124. The average molecular weight is 603 g/mol. The van der Waals surface area contributed by atoms with Crippen molar-refractivity contribution in [2.75, 3.05) is 11.9 Å². The number of carbonyl (C=O) groups is 2. The fourth-order valence-corrected chi connectivity index (χ4v) is 3.85. The number of amides is 2. The molecule has 0 spiro atoms. The van der Waals surface area contributed by atoms with E-state index in [4.69, 9.17) is 9.47 Å². The second kappa shape index (κ2) is 13.7. The van der Waals surface area contributed by atoms with Gasteiger partial charge < -0.3 is 14.8 Å². The van der Waals surface area contributed by atoms with E-state index < -0.39 is 0 Å². The Bertz CT molecular complexity index is 1170. The molecule has 3 rings (SSSR count). The van der Waals surface area contributed by atoms with Gasteiger partial charge in [0.25, 0.3) is 0 Å². The first-order chi connectivity index (χ1) is 16.9. The molecule has 0 aliphatic carbocycles.